The van der Waals surface area contributed by atoms with Gasteiger partial charge in [0.15, 0.2) is 23.2 Å². The van der Waals surface area contributed by atoms with Crippen LogP contribution in [0.5, 0.6) is 17.2 Å². The van der Waals surface area contributed by atoms with Crippen LogP contribution in [0.2, 0.25) is 10.0 Å². The van der Waals surface area contributed by atoms with Crippen molar-refractivity contribution in [3.05, 3.63) is 40.4 Å². The molecule has 3 aromatic rings. The molecular weight excluding hydrogens is 521 g/mol. The largest absolute Gasteiger partial charge is 0.486 e. The van der Waals surface area contributed by atoms with E-state index in [0.717, 1.165) is 29.9 Å². The van der Waals surface area contributed by atoms with Gasteiger partial charge < -0.3 is 19.1 Å². The van der Waals surface area contributed by atoms with E-state index in [1.54, 1.807) is 23.1 Å². The fourth-order valence-electron chi connectivity index (χ4n) is 3.49. The molecule has 1 amide bonds. The smallest absolute Gasteiger partial charge is 0.266 e. The summed E-state index contributed by atoms with van der Waals surface area (Å²) in [5.41, 5.74) is 0.765. The molecule has 0 saturated heterocycles. The monoisotopic (exact) mass is 545 g/mol. The van der Waals surface area contributed by atoms with Crippen molar-refractivity contribution in [3.8, 4) is 17.2 Å². The minimum Gasteiger partial charge on any atom is -0.486 e. The number of benzene rings is 2. The molecule has 0 fully saturated rings. The maximum atomic E-state index is 13.2. The highest BCUT2D eigenvalue weighted by molar-refractivity contribution is 7.22. The SMILES string of the molecule is CCN(CC)CCN(C(=O)COc1ccc(Cl)cc1Cl)c1nc2cc3c(cc2s1)OCCO3.Cl. The van der Waals surface area contributed by atoms with Crippen molar-refractivity contribution >= 4 is 68.2 Å². The summed E-state index contributed by atoms with van der Waals surface area (Å²) in [5.74, 6) is 1.58. The van der Waals surface area contributed by atoms with Gasteiger partial charge in [-0.25, -0.2) is 4.98 Å². The van der Waals surface area contributed by atoms with Crippen LogP contribution < -0.4 is 19.1 Å². The highest BCUT2D eigenvalue weighted by Crippen LogP contribution is 2.39. The fourth-order valence-corrected chi connectivity index (χ4v) is 4.97. The number of amides is 1. The van der Waals surface area contributed by atoms with Gasteiger partial charge in [-0.15, -0.1) is 12.4 Å². The lowest BCUT2D eigenvalue weighted by molar-refractivity contribution is -0.120. The molecule has 0 N–H and O–H groups in total. The predicted octanol–water partition coefficient (Wildman–Crippen LogP) is 5.55. The van der Waals surface area contributed by atoms with E-state index in [1.807, 2.05) is 12.1 Å². The van der Waals surface area contributed by atoms with E-state index in [0.29, 0.717) is 52.2 Å². The van der Waals surface area contributed by atoms with E-state index in [4.69, 9.17) is 42.4 Å². The number of ether oxygens (including phenoxy) is 3. The molecule has 0 atom stereocenters. The number of carbonyl (C=O) groups excluding carboxylic acids is 1. The molecule has 34 heavy (non-hydrogen) atoms. The van der Waals surface area contributed by atoms with E-state index >= 15 is 0 Å². The first-order chi connectivity index (χ1) is 16.0. The molecule has 1 aliphatic rings. The number of hydrogen-bond donors (Lipinski definition) is 0. The van der Waals surface area contributed by atoms with Gasteiger partial charge in [0, 0.05) is 30.2 Å². The Balaban J connectivity index is 0.00000324. The topological polar surface area (TPSA) is 64.1 Å². The van der Waals surface area contributed by atoms with Crippen LogP contribution in [0.25, 0.3) is 10.2 Å². The molecule has 0 bridgehead atoms. The second-order valence-corrected chi connectivity index (χ2v) is 9.25. The van der Waals surface area contributed by atoms with Crippen molar-refractivity contribution in [2.75, 3.05) is 50.9 Å². The van der Waals surface area contributed by atoms with Crippen molar-refractivity contribution in [2.45, 2.75) is 13.8 Å². The van der Waals surface area contributed by atoms with E-state index in [2.05, 4.69) is 18.7 Å². The average molecular weight is 547 g/mol. The second-order valence-electron chi connectivity index (χ2n) is 7.40. The molecule has 2 aromatic carbocycles. The quantitative estimate of drug-likeness (QED) is 0.351. The van der Waals surface area contributed by atoms with Gasteiger partial charge in [-0.2, -0.15) is 0 Å². The van der Waals surface area contributed by atoms with Gasteiger partial charge in [-0.05, 0) is 31.3 Å². The van der Waals surface area contributed by atoms with Gasteiger partial charge in [0.2, 0.25) is 0 Å². The Morgan fingerprint density at radius 3 is 2.47 bits per heavy atom. The van der Waals surface area contributed by atoms with Crippen LogP contribution >= 0.6 is 46.9 Å². The minimum atomic E-state index is -0.204. The van der Waals surface area contributed by atoms with Crippen LogP contribution in [0.3, 0.4) is 0 Å². The van der Waals surface area contributed by atoms with E-state index in [-0.39, 0.29) is 24.9 Å². The Kier molecular flexibility index (Phi) is 9.50. The van der Waals surface area contributed by atoms with Gasteiger partial charge in [0.05, 0.1) is 15.2 Å². The molecule has 4 rings (SSSR count). The molecule has 0 radical (unpaired) electrons. The highest BCUT2D eigenvalue weighted by atomic mass is 35.5. The van der Waals surface area contributed by atoms with Crippen LogP contribution in [0.4, 0.5) is 5.13 Å². The molecule has 0 unspecified atom stereocenters. The van der Waals surface area contributed by atoms with Crippen LogP contribution in [-0.2, 0) is 4.79 Å². The van der Waals surface area contributed by atoms with Crippen molar-refractivity contribution < 1.29 is 19.0 Å². The predicted molar refractivity (Wildman–Crippen MR) is 140 cm³/mol. The summed E-state index contributed by atoms with van der Waals surface area (Å²) in [7, 11) is 0. The maximum Gasteiger partial charge on any atom is 0.266 e. The lowest BCUT2D eigenvalue weighted by atomic mass is 10.3. The Morgan fingerprint density at radius 2 is 1.79 bits per heavy atom. The standard InChI is InChI=1S/C23H25Cl2N3O4S.ClH/c1-3-27(4-2)7-8-28(22(29)14-32-18-6-5-15(24)11-16(18)25)23-26-17-12-19-20(13-21(17)33-23)31-10-9-30-19;/h5-6,11-13H,3-4,7-10,14H2,1-2H3;1H. The number of hydrogen-bond acceptors (Lipinski definition) is 7. The Morgan fingerprint density at radius 1 is 1.09 bits per heavy atom. The summed E-state index contributed by atoms with van der Waals surface area (Å²) in [6.07, 6.45) is 0. The zero-order valence-corrected chi connectivity index (χ0v) is 22.0. The molecule has 184 valence electrons. The van der Waals surface area contributed by atoms with Crippen LogP contribution in [0.1, 0.15) is 13.8 Å². The third-order valence-corrected chi connectivity index (χ3v) is 6.92. The molecule has 1 aliphatic heterocycles. The molecule has 7 nitrogen and oxygen atoms in total. The van der Waals surface area contributed by atoms with E-state index in [1.165, 1.54) is 11.3 Å². The first-order valence-corrected chi connectivity index (χ1v) is 12.4. The number of halogens is 3. The second kappa shape index (κ2) is 12.1. The number of anilines is 1. The third-order valence-electron chi connectivity index (χ3n) is 5.35. The number of fused-ring (bicyclic) bond motifs is 2. The molecule has 2 heterocycles. The summed E-state index contributed by atoms with van der Waals surface area (Å²) in [6.45, 7) is 8.07. The number of nitrogens with zero attached hydrogens (tertiary/aromatic N) is 3. The van der Waals surface area contributed by atoms with Gasteiger partial charge >= 0.3 is 0 Å². The average Bonchev–Trinajstić information content (AvgIpc) is 3.22. The van der Waals surface area contributed by atoms with Crippen molar-refractivity contribution in [2.24, 2.45) is 0 Å². The summed E-state index contributed by atoms with van der Waals surface area (Å²) < 4.78 is 18.0. The van der Waals surface area contributed by atoms with E-state index < -0.39 is 0 Å². The van der Waals surface area contributed by atoms with Gasteiger partial charge in [0.1, 0.15) is 19.0 Å². The minimum absolute atomic E-state index is 0. The van der Waals surface area contributed by atoms with Gasteiger partial charge in [-0.3, -0.25) is 9.69 Å². The molecule has 11 heteroatoms. The zero-order valence-electron chi connectivity index (χ0n) is 18.9. The Labute approximate surface area is 218 Å². The highest BCUT2D eigenvalue weighted by Gasteiger charge is 2.23. The van der Waals surface area contributed by atoms with Crippen LogP contribution in [0.15, 0.2) is 30.3 Å². The molecule has 0 saturated carbocycles. The first kappa shape index (κ1) is 26.6. The van der Waals surface area contributed by atoms with Crippen molar-refractivity contribution in [1.82, 2.24) is 9.88 Å². The lowest BCUT2D eigenvalue weighted by Gasteiger charge is -2.24. The first-order valence-electron chi connectivity index (χ1n) is 10.8. The molecular formula is C23H26Cl3N3O4S. The van der Waals surface area contributed by atoms with Crippen molar-refractivity contribution in [1.29, 1.82) is 0 Å². The van der Waals surface area contributed by atoms with E-state index in [9.17, 15) is 4.79 Å². The number of thiazole rings is 1. The fraction of sp³-hybridized carbons (Fsp3) is 0.391. The summed E-state index contributed by atoms with van der Waals surface area (Å²) in [6, 6.07) is 8.69. The third kappa shape index (κ3) is 6.17. The summed E-state index contributed by atoms with van der Waals surface area (Å²) in [4.78, 5) is 21.9. The summed E-state index contributed by atoms with van der Waals surface area (Å²) in [5, 5.41) is 1.47. The maximum absolute atomic E-state index is 13.2. The van der Waals surface area contributed by atoms with Crippen molar-refractivity contribution in [3.63, 3.8) is 0 Å². The number of carbonyl (C=O) groups is 1. The van der Waals surface area contributed by atoms with Gasteiger partial charge in [0.25, 0.3) is 5.91 Å². The Hall–Kier alpha value is -1.97. The van der Waals surface area contributed by atoms with Crippen LogP contribution in [-0.4, -0.2) is 61.8 Å². The summed E-state index contributed by atoms with van der Waals surface area (Å²) >= 11 is 13.6. The number of aromatic nitrogens is 1. The molecule has 1 aromatic heterocycles. The number of rotatable bonds is 9. The number of likely N-dealkylation sites (N-methyl/N-ethyl adjacent to an activating group) is 1. The molecule has 0 aliphatic carbocycles. The lowest BCUT2D eigenvalue weighted by Crippen LogP contribution is -2.41. The normalized spacial score (nSPS) is 12.5. The van der Waals surface area contributed by atoms with Gasteiger partial charge in [-0.1, -0.05) is 48.4 Å². The Bertz CT molecular complexity index is 1100. The van der Waals surface area contributed by atoms with Crippen LogP contribution in [0, 0.1) is 0 Å². The zero-order chi connectivity index (χ0) is 23.4. The molecule has 0 spiro atoms.